The summed E-state index contributed by atoms with van der Waals surface area (Å²) in [6.07, 6.45) is 5.29. The number of fused-ring (bicyclic) bond motifs is 1. The van der Waals surface area contributed by atoms with Crippen LogP contribution in [0.5, 0.6) is 0 Å². The molecule has 0 saturated carbocycles. The summed E-state index contributed by atoms with van der Waals surface area (Å²) in [7, 11) is 0. The smallest absolute Gasteiger partial charge is 0.141 e. The van der Waals surface area contributed by atoms with Gasteiger partial charge in [0.2, 0.25) is 0 Å². The SMILES string of the molecule is [c]1cnn2cc[nH]c12. The third-order valence-electron chi connectivity index (χ3n) is 1.05. The van der Waals surface area contributed by atoms with E-state index in [-0.39, 0.29) is 0 Å². The fourth-order valence-corrected chi connectivity index (χ4v) is 0.684. The number of hydrogen-bond donors (Lipinski definition) is 1. The van der Waals surface area contributed by atoms with Crippen molar-refractivity contribution in [1.82, 2.24) is 14.6 Å². The van der Waals surface area contributed by atoms with Crippen molar-refractivity contribution >= 4 is 5.65 Å². The zero-order valence-electron chi connectivity index (χ0n) is 4.13. The Labute approximate surface area is 45.9 Å². The molecule has 0 aromatic carbocycles. The molecule has 2 aromatic heterocycles. The summed E-state index contributed by atoms with van der Waals surface area (Å²) in [5.41, 5.74) is 0.907. The maximum atomic E-state index is 3.91. The van der Waals surface area contributed by atoms with Crippen LogP contribution >= 0.6 is 0 Å². The summed E-state index contributed by atoms with van der Waals surface area (Å²) in [5, 5.41) is 3.91. The minimum absolute atomic E-state index is 0.907. The maximum absolute atomic E-state index is 3.91. The summed E-state index contributed by atoms with van der Waals surface area (Å²) in [6, 6.07) is 2.90. The first-order chi connectivity index (χ1) is 3.97. The van der Waals surface area contributed by atoms with Gasteiger partial charge in [-0.1, -0.05) is 0 Å². The average Bonchev–Trinajstić information content (AvgIpc) is 2.15. The molecule has 0 aliphatic rings. The van der Waals surface area contributed by atoms with Crippen LogP contribution in [0, 0.1) is 6.07 Å². The van der Waals surface area contributed by atoms with Gasteiger partial charge < -0.3 is 4.98 Å². The number of hydrogen-bond acceptors (Lipinski definition) is 1. The Morgan fingerprint density at radius 1 is 1.75 bits per heavy atom. The third kappa shape index (κ3) is 0.307. The van der Waals surface area contributed by atoms with E-state index in [9.17, 15) is 0 Å². The molecule has 39 valence electrons. The largest absolute Gasteiger partial charge is 0.345 e. The Hall–Kier alpha value is -1.25. The normalized spacial score (nSPS) is 10.5. The minimum Gasteiger partial charge on any atom is -0.345 e. The summed E-state index contributed by atoms with van der Waals surface area (Å²) in [6.45, 7) is 0. The molecule has 0 spiro atoms. The van der Waals surface area contributed by atoms with Gasteiger partial charge in [0.25, 0.3) is 0 Å². The van der Waals surface area contributed by atoms with Crippen LogP contribution in [0.25, 0.3) is 5.65 Å². The monoisotopic (exact) mass is 106 g/mol. The molecule has 1 radical (unpaired) electrons. The Bertz CT molecular complexity index is 229. The van der Waals surface area contributed by atoms with E-state index in [1.807, 2.05) is 12.4 Å². The van der Waals surface area contributed by atoms with Gasteiger partial charge in [-0.2, -0.15) is 5.10 Å². The van der Waals surface area contributed by atoms with Gasteiger partial charge in [-0.3, -0.25) is 0 Å². The maximum Gasteiger partial charge on any atom is 0.141 e. The van der Waals surface area contributed by atoms with Gasteiger partial charge in [-0.15, -0.1) is 0 Å². The number of imidazole rings is 1. The molecule has 2 heterocycles. The van der Waals surface area contributed by atoms with Crippen LogP contribution in [0.2, 0.25) is 0 Å². The number of nitrogens with one attached hydrogen (secondary N) is 1. The van der Waals surface area contributed by atoms with E-state index in [2.05, 4.69) is 16.1 Å². The highest BCUT2D eigenvalue weighted by Crippen LogP contribution is 1.92. The first-order valence-corrected chi connectivity index (χ1v) is 2.35. The Balaban J connectivity index is 3.06. The van der Waals surface area contributed by atoms with Gasteiger partial charge in [-0.25, -0.2) is 4.52 Å². The molecule has 8 heavy (non-hydrogen) atoms. The van der Waals surface area contributed by atoms with E-state index in [0.29, 0.717) is 0 Å². The second-order valence-electron chi connectivity index (χ2n) is 1.54. The summed E-state index contributed by atoms with van der Waals surface area (Å²) in [4.78, 5) is 2.94. The summed E-state index contributed by atoms with van der Waals surface area (Å²) in [5.74, 6) is 0. The molecule has 0 atom stereocenters. The molecule has 2 rings (SSSR count). The van der Waals surface area contributed by atoms with Crippen LogP contribution in [0.1, 0.15) is 0 Å². The Morgan fingerprint density at radius 3 is 3.62 bits per heavy atom. The fraction of sp³-hybridized carbons (Fsp3) is 0. The van der Waals surface area contributed by atoms with Crippen molar-refractivity contribution in [2.45, 2.75) is 0 Å². The molecular formula is C5H4N3. The fourth-order valence-electron chi connectivity index (χ4n) is 0.684. The van der Waals surface area contributed by atoms with E-state index >= 15 is 0 Å². The topological polar surface area (TPSA) is 33.1 Å². The molecule has 0 unspecified atom stereocenters. The Morgan fingerprint density at radius 2 is 2.75 bits per heavy atom. The van der Waals surface area contributed by atoms with Gasteiger partial charge in [0.15, 0.2) is 0 Å². The van der Waals surface area contributed by atoms with Gasteiger partial charge in [0.1, 0.15) is 5.65 Å². The highest BCUT2D eigenvalue weighted by atomic mass is 15.2. The lowest BCUT2D eigenvalue weighted by molar-refractivity contribution is 0.973. The molecule has 0 fully saturated rings. The van der Waals surface area contributed by atoms with Gasteiger partial charge in [0.05, 0.1) is 6.20 Å². The van der Waals surface area contributed by atoms with Crippen LogP contribution in [-0.4, -0.2) is 14.6 Å². The number of nitrogens with zero attached hydrogens (tertiary/aromatic N) is 2. The van der Waals surface area contributed by atoms with E-state index in [4.69, 9.17) is 0 Å². The lowest BCUT2D eigenvalue weighted by Gasteiger charge is -1.72. The average molecular weight is 106 g/mol. The van der Waals surface area contributed by atoms with Gasteiger partial charge in [-0.05, 0) is 0 Å². The van der Waals surface area contributed by atoms with Crippen molar-refractivity contribution in [2.24, 2.45) is 0 Å². The first-order valence-electron chi connectivity index (χ1n) is 2.35. The van der Waals surface area contributed by atoms with Crippen LogP contribution in [0.15, 0.2) is 18.6 Å². The van der Waals surface area contributed by atoms with Crippen molar-refractivity contribution < 1.29 is 0 Å². The molecule has 3 heteroatoms. The second kappa shape index (κ2) is 1.12. The molecule has 0 aliphatic carbocycles. The number of aromatic amines is 1. The van der Waals surface area contributed by atoms with Crippen molar-refractivity contribution in [2.75, 3.05) is 0 Å². The lowest BCUT2D eigenvalue weighted by atomic mass is 10.7. The van der Waals surface area contributed by atoms with Crippen LogP contribution < -0.4 is 0 Å². The van der Waals surface area contributed by atoms with Crippen LogP contribution in [-0.2, 0) is 0 Å². The second-order valence-corrected chi connectivity index (χ2v) is 1.54. The quantitative estimate of drug-likeness (QED) is 0.520. The predicted octanol–water partition coefficient (Wildman–Crippen LogP) is 0.463. The minimum atomic E-state index is 0.907. The van der Waals surface area contributed by atoms with E-state index in [1.54, 1.807) is 10.7 Å². The van der Waals surface area contributed by atoms with Gasteiger partial charge >= 0.3 is 0 Å². The number of aromatic nitrogens is 3. The van der Waals surface area contributed by atoms with Crippen molar-refractivity contribution in [3.63, 3.8) is 0 Å². The molecule has 3 nitrogen and oxygen atoms in total. The van der Waals surface area contributed by atoms with Gasteiger partial charge in [0, 0.05) is 18.5 Å². The zero-order valence-corrected chi connectivity index (χ0v) is 4.13. The van der Waals surface area contributed by atoms with Crippen molar-refractivity contribution in [1.29, 1.82) is 0 Å². The van der Waals surface area contributed by atoms with E-state index in [1.165, 1.54) is 0 Å². The molecule has 0 aliphatic heterocycles. The number of rotatable bonds is 0. The first kappa shape index (κ1) is 3.72. The molecule has 0 saturated heterocycles. The Kier molecular flexibility index (Phi) is 0.521. The van der Waals surface area contributed by atoms with Crippen LogP contribution in [0.4, 0.5) is 0 Å². The molecule has 0 bridgehead atoms. The number of H-pyrrole nitrogens is 1. The van der Waals surface area contributed by atoms with E-state index < -0.39 is 0 Å². The molecule has 2 aromatic rings. The zero-order chi connectivity index (χ0) is 5.40. The van der Waals surface area contributed by atoms with E-state index in [0.717, 1.165) is 5.65 Å². The molecule has 1 N–H and O–H groups in total. The standard InChI is InChI=1S/C5H4N3/c1-2-7-8-4-3-6-5(1)8/h2-4,6H. The predicted molar refractivity (Wildman–Crippen MR) is 28.4 cm³/mol. The lowest BCUT2D eigenvalue weighted by Crippen LogP contribution is -1.75. The highest BCUT2D eigenvalue weighted by Gasteiger charge is 1.87. The van der Waals surface area contributed by atoms with Crippen molar-refractivity contribution in [3.05, 3.63) is 24.7 Å². The molecular weight excluding hydrogens is 102 g/mol. The summed E-state index contributed by atoms with van der Waals surface area (Å²) >= 11 is 0. The third-order valence-corrected chi connectivity index (χ3v) is 1.05. The highest BCUT2D eigenvalue weighted by molar-refractivity contribution is 5.33. The molecule has 0 amide bonds. The van der Waals surface area contributed by atoms with Crippen LogP contribution in [0.3, 0.4) is 0 Å². The summed E-state index contributed by atoms with van der Waals surface area (Å²) < 4.78 is 1.72. The van der Waals surface area contributed by atoms with Crippen molar-refractivity contribution in [3.8, 4) is 0 Å².